The lowest BCUT2D eigenvalue weighted by Crippen LogP contribution is -2.32. The highest BCUT2D eigenvalue weighted by atomic mass is 16.6. The first-order valence-corrected chi connectivity index (χ1v) is 6.15. The van der Waals surface area contributed by atoms with Crippen molar-refractivity contribution in [1.29, 1.82) is 0 Å². The lowest BCUT2D eigenvalue weighted by molar-refractivity contribution is 0.0529. The van der Waals surface area contributed by atoms with Crippen LogP contribution >= 0.6 is 0 Å². The van der Waals surface area contributed by atoms with Crippen molar-refractivity contribution in [1.82, 2.24) is 10.3 Å². The number of ether oxygens (including phenoxy) is 1. The van der Waals surface area contributed by atoms with Crippen LogP contribution in [0.2, 0.25) is 0 Å². The highest BCUT2D eigenvalue weighted by molar-refractivity contribution is 5.67. The second-order valence-corrected chi connectivity index (χ2v) is 5.06. The van der Waals surface area contributed by atoms with E-state index in [2.05, 4.69) is 10.3 Å². The number of amides is 1. The minimum Gasteiger partial charge on any atom is -0.506 e. The predicted molar refractivity (Wildman–Crippen MR) is 73.8 cm³/mol. The summed E-state index contributed by atoms with van der Waals surface area (Å²) in [6.45, 7) is 5.97. The minimum atomic E-state index is -0.476. The second kappa shape index (κ2) is 6.78. The molecule has 0 saturated heterocycles. The lowest BCUT2D eigenvalue weighted by Gasteiger charge is -2.19. The number of nitrogens with one attached hydrogen (secondary N) is 1. The number of carbonyl (C=O) groups excluding carboxylic acids is 1. The van der Waals surface area contributed by atoms with Crippen LogP contribution in [0.3, 0.4) is 0 Å². The Kier molecular flexibility index (Phi) is 5.36. The molecule has 0 aliphatic carbocycles. The molecule has 5 nitrogen and oxygen atoms in total. The van der Waals surface area contributed by atoms with Gasteiger partial charge in [-0.15, -0.1) is 0 Å². The molecule has 0 aromatic carbocycles. The normalized spacial score (nSPS) is 11.5. The van der Waals surface area contributed by atoms with Crippen LogP contribution in [-0.4, -0.2) is 28.3 Å². The molecule has 0 aliphatic heterocycles. The van der Waals surface area contributed by atoms with E-state index in [1.807, 2.05) is 32.9 Å². The summed E-state index contributed by atoms with van der Waals surface area (Å²) in [4.78, 5) is 15.3. The molecule has 1 heterocycles. The first kappa shape index (κ1) is 15.0. The summed E-state index contributed by atoms with van der Waals surface area (Å²) in [5.74, 6) is 0.142. The van der Waals surface area contributed by atoms with E-state index in [1.165, 1.54) is 6.20 Å². The van der Waals surface area contributed by atoms with Gasteiger partial charge >= 0.3 is 6.09 Å². The van der Waals surface area contributed by atoms with Gasteiger partial charge in [-0.05, 0) is 45.4 Å². The van der Waals surface area contributed by atoms with Crippen LogP contribution in [0.5, 0.6) is 5.75 Å². The molecule has 0 aliphatic rings. The number of aromatic nitrogens is 1. The molecule has 0 fully saturated rings. The van der Waals surface area contributed by atoms with Gasteiger partial charge < -0.3 is 15.2 Å². The van der Waals surface area contributed by atoms with Crippen molar-refractivity contribution in [3.05, 3.63) is 30.1 Å². The zero-order valence-corrected chi connectivity index (χ0v) is 11.5. The molecule has 104 valence electrons. The van der Waals surface area contributed by atoms with Crippen LogP contribution in [0.15, 0.2) is 24.4 Å². The van der Waals surface area contributed by atoms with E-state index in [-0.39, 0.29) is 5.75 Å². The third kappa shape index (κ3) is 7.08. The van der Waals surface area contributed by atoms with E-state index in [0.717, 1.165) is 5.69 Å². The molecule has 0 atom stereocenters. The molecule has 0 saturated carbocycles. The van der Waals surface area contributed by atoms with Crippen LogP contribution in [0, 0.1) is 0 Å². The van der Waals surface area contributed by atoms with Gasteiger partial charge in [0, 0.05) is 6.54 Å². The fraction of sp³-hybridized carbons (Fsp3) is 0.429. The molecule has 5 heteroatoms. The van der Waals surface area contributed by atoms with E-state index < -0.39 is 11.7 Å². The van der Waals surface area contributed by atoms with Gasteiger partial charge in [0.25, 0.3) is 0 Å². The van der Waals surface area contributed by atoms with Gasteiger partial charge in [0.15, 0.2) is 0 Å². The number of hydrogen-bond acceptors (Lipinski definition) is 4. The topological polar surface area (TPSA) is 71.5 Å². The average molecular weight is 264 g/mol. The number of pyridine rings is 1. The molecule has 1 rings (SSSR count). The molecule has 0 radical (unpaired) electrons. The van der Waals surface area contributed by atoms with E-state index in [4.69, 9.17) is 9.84 Å². The van der Waals surface area contributed by atoms with Gasteiger partial charge in [0.05, 0.1) is 11.9 Å². The van der Waals surface area contributed by atoms with Gasteiger partial charge in [-0.25, -0.2) is 4.79 Å². The van der Waals surface area contributed by atoms with Crippen molar-refractivity contribution >= 4 is 12.2 Å². The number of rotatable bonds is 4. The first-order valence-electron chi connectivity index (χ1n) is 6.15. The van der Waals surface area contributed by atoms with E-state index in [1.54, 1.807) is 12.1 Å². The Labute approximate surface area is 113 Å². The monoisotopic (exact) mass is 264 g/mol. The molecule has 0 unspecified atom stereocenters. The largest absolute Gasteiger partial charge is 0.506 e. The summed E-state index contributed by atoms with van der Waals surface area (Å²) in [7, 11) is 0. The maximum absolute atomic E-state index is 11.3. The van der Waals surface area contributed by atoms with Gasteiger partial charge in [-0.2, -0.15) is 0 Å². The minimum absolute atomic E-state index is 0.142. The molecule has 19 heavy (non-hydrogen) atoms. The number of hydrogen-bond donors (Lipinski definition) is 2. The van der Waals surface area contributed by atoms with Crippen molar-refractivity contribution in [3.63, 3.8) is 0 Å². The van der Waals surface area contributed by atoms with Crippen LogP contribution in [0.25, 0.3) is 6.08 Å². The number of carbonyl (C=O) groups is 1. The Hall–Kier alpha value is -2.04. The molecule has 1 aromatic rings. The quantitative estimate of drug-likeness (QED) is 0.820. The maximum atomic E-state index is 11.3. The number of alkyl carbamates (subject to hydrolysis) is 1. The first-order chi connectivity index (χ1) is 8.87. The third-order valence-electron chi connectivity index (χ3n) is 2.04. The highest BCUT2D eigenvalue weighted by Gasteiger charge is 2.14. The highest BCUT2D eigenvalue weighted by Crippen LogP contribution is 2.07. The summed E-state index contributed by atoms with van der Waals surface area (Å²) < 4.78 is 5.10. The maximum Gasteiger partial charge on any atom is 0.407 e. The van der Waals surface area contributed by atoms with Crippen LogP contribution in [0.1, 0.15) is 32.9 Å². The Morgan fingerprint density at radius 2 is 2.21 bits per heavy atom. The summed E-state index contributed by atoms with van der Waals surface area (Å²) in [6, 6.07) is 3.29. The Balaban J connectivity index is 2.24. The molecule has 1 aromatic heterocycles. The average Bonchev–Trinajstić information content (AvgIpc) is 2.29. The molecule has 1 amide bonds. The Bertz CT molecular complexity index is 433. The van der Waals surface area contributed by atoms with E-state index in [0.29, 0.717) is 13.0 Å². The zero-order valence-electron chi connectivity index (χ0n) is 11.5. The summed E-state index contributed by atoms with van der Waals surface area (Å²) in [5, 5.41) is 11.7. The fourth-order valence-electron chi connectivity index (χ4n) is 1.27. The van der Waals surface area contributed by atoms with Crippen LogP contribution in [0.4, 0.5) is 4.79 Å². The second-order valence-electron chi connectivity index (χ2n) is 5.06. The van der Waals surface area contributed by atoms with Crippen molar-refractivity contribution < 1.29 is 14.6 Å². The van der Waals surface area contributed by atoms with Gasteiger partial charge in [-0.1, -0.05) is 6.08 Å². The predicted octanol–water partition coefficient (Wildman–Crippen LogP) is 2.72. The fourth-order valence-corrected chi connectivity index (χ4v) is 1.27. The Morgan fingerprint density at radius 1 is 1.47 bits per heavy atom. The molecule has 0 bridgehead atoms. The smallest absolute Gasteiger partial charge is 0.407 e. The lowest BCUT2D eigenvalue weighted by atomic mass is 10.2. The summed E-state index contributed by atoms with van der Waals surface area (Å²) in [6.07, 6.45) is 5.39. The van der Waals surface area contributed by atoms with Gasteiger partial charge in [0.2, 0.25) is 0 Å². The van der Waals surface area contributed by atoms with Gasteiger partial charge in [0.1, 0.15) is 11.4 Å². The third-order valence-corrected chi connectivity index (χ3v) is 2.04. The van der Waals surface area contributed by atoms with Crippen molar-refractivity contribution in [2.24, 2.45) is 0 Å². The molecular weight excluding hydrogens is 244 g/mol. The summed E-state index contributed by atoms with van der Waals surface area (Å²) in [5.41, 5.74) is 0.283. The van der Waals surface area contributed by atoms with Gasteiger partial charge in [-0.3, -0.25) is 4.98 Å². The SMILES string of the molecule is CC(C)(C)OC(=O)NCCC=Cc1ccc(O)cn1. The standard InChI is InChI=1S/C14H20N2O3/c1-14(2,3)19-13(18)15-9-5-4-6-11-7-8-12(17)10-16-11/h4,6-8,10,17H,5,9H2,1-3H3,(H,15,18). The van der Waals surface area contributed by atoms with Crippen LogP contribution in [-0.2, 0) is 4.74 Å². The molecule has 0 spiro atoms. The summed E-state index contributed by atoms with van der Waals surface area (Å²) >= 11 is 0. The van der Waals surface area contributed by atoms with Crippen molar-refractivity contribution in [3.8, 4) is 5.75 Å². The van der Waals surface area contributed by atoms with Crippen LogP contribution < -0.4 is 5.32 Å². The number of aromatic hydroxyl groups is 1. The van der Waals surface area contributed by atoms with Crippen molar-refractivity contribution in [2.75, 3.05) is 6.54 Å². The van der Waals surface area contributed by atoms with E-state index in [9.17, 15) is 4.79 Å². The number of nitrogens with zero attached hydrogens (tertiary/aromatic N) is 1. The molecule has 2 N–H and O–H groups in total. The molecular formula is C14H20N2O3. The van der Waals surface area contributed by atoms with Crippen molar-refractivity contribution in [2.45, 2.75) is 32.8 Å². The Morgan fingerprint density at radius 3 is 2.79 bits per heavy atom. The van der Waals surface area contributed by atoms with E-state index >= 15 is 0 Å². The zero-order chi connectivity index (χ0) is 14.3.